The molecule has 0 aliphatic rings. The van der Waals surface area contributed by atoms with E-state index in [4.69, 9.17) is 11.6 Å². The lowest BCUT2D eigenvalue weighted by molar-refractivity contribution is 0.595. The van der Waals surface area contributed by atoms with Gasteiger partial charge in [-0.15, -0.1) is 0 Å². The van der Waals surface area contributed by atoms with Crippen molar-refractivity contribution < 1.29 is 8.42 Å². The number of para-hydroxylation sites is 2. The maximum atomic E-state index is 11.4. The highest BCUT2D eigenvalue weighted by atomic mass is 35.5. The Morgan fingerprint density at radius 2 is 2.00 bits per heavy atom. The number of fused-ring (bicyclic) bond motifs is 1. The first kappa shape index (κ1) is 9.48. The number of hydrogen-bond donors (Lipinski definition) is 0. The van der Waals surface area contributed by atoms with E-state index >= 15 is 0 Å². The van der Waals surface area contributed by atoms with Gasteiger partial charge in [-0.1, -0.05) is 12.1 Å². The van der Waals surface area contributed by atoms with E-state index in [1.54, 1.807) is 24.3 Å². The summed E-state index contributed by atoms with van der Waals surface area (Å²) in [5.41, 5.74) is 1.07. The van der Waals surface area contributed by atoms with Gasteiger partial charge in [0.2, 0.25) is 15.3 Å². The summed E-state index contributed by atoms with van der Waals surface area (Å²) in [6.45, 7) is 0. The van der Waals surface area contributed by atoms with Crippen LogP contribution in [0.1, 0.15) is 0 Å². The first-order chi connectivity index (χ1) is 6.50. The zero-order chi connectivity index (χ0) is 10.3. The molecular formula is C8H7ClN2O2S. The number of nitrogens with zero attached hydrogens (tertiary/aromatic N) is 2. The molecule has 1 heterocycles. The molecule has 0 fully saturated rings. The molecule has 2 rings (SSSR count). The fraction of sp³-hybridized carbons (Fsp3) is 0.125. The van der Waals surface area contributed by atoms with Gasteiger partial charge in [0.15, 0.2) is 0 Å². The van der Waals surface area contributed by atoms with Crippen molar-refractivity contribution in [2.24, 2.45) is 0 Å². The Bertz CT molecular complexity index is 588. The molecule has 0 N–H and O–H groups in total. The number of hydrogen-bond acceptors (Lipinski definition) is 3. The third-order valence-corrected chi connectivity index (χ3v) is 3.20. The molecule has 0 amide bonds. The summed E-state index contributed by atoms with van der Waals surface area (Å²) >= 11 is 5.72. The highest BCUT2D eigenvalue weighted by molar-refractivity contribution is 7.89. The van der Waals surface area contributed by atoms with Crippen LogP contribution in [0.4, 0.5) is 0 Å². The maximum absolute atomic E-state index is 11.4. The summed E-state index contributed by atoms with van der Waals surface area (Å²) < 4.78 is 23.8. The lowest BCUT2D eigenvalue weighted by Gasteiger charge is -2.00. The minimum absolute atomic E-state index is 0.0336. The van der Waals surface area contributed by atoms with Gasteiger partial charge in [-0.2, -0.15) is 0 Å². The number of rotatable bonds is 1. The predicted octanol–water partition coefficient (Wildman–Crippen LogP) is 1.50. The Balaban J connectivity index is 2.95. The predicted molar refractivity (Wildman–Crippen MR) is 55.0 cm³/mol. The van der Waals surface area contributed by atoms with Crippen molar-refractivity contribution in [3.05, 3.63) is 29.5 Å². The second-order valence-electron chi connectivity index (χ2n) is 2.90. The largest absolute Gasteiger partial charge is 0.238 e. The third kappa shape index (κ3) is 1.38. The van der Waals surface area contributed by atoms with Crippen molar-refractivity contribution in [1.29, 1.82) is 0 Å². The maximum Gasteiger partial charge on any atom is 0.238 e. The van der Waals surface area contributed by atoms with Gasteiger partial charge < -0.3 is 0 Å². The fourth-order valence-corrected chi connectivity index (χ4v) is 2.67. The number of benzene rings is 1. The van der Waals surface area contributed by atoms with Crippen LogP contribution in [0, 0.1) is 0 Å². The highest BCUT2D eigenvalue weighted by Crippen LogP contribution is 2.20. The smallest absolute Gasteiger partial charge is 0.217 e. The van der Waals surface area contributed by atoms with Gasteiger partial charge in [-0.05, 0) is 23.7 Å². The van der Waals surface area contributed by atoms with Gasteiger partial charge >= 0.3 is 0 Å². The van der Waals surface area contributed by atoms with Gasteiger partial charge in [0.25, 0.3) is 0 Å². The highest BCUT2D eigenvalue weighted by Gasteiger charge is 2.15. The van der Waals surface area contributed by atoms with Gasteiger partial charge in [0, 0.05) is 0 Å². The molecule has 0 saturated carbocycles. The zero-order valence-corrected chi connectivity index (χ0v) is 8.88. The molecule has 0 aliphatic heterocycles. The average molecular weight is 231 g/mol. The Labute approximate surface area is 86.2 Å². The van der Waals surface area contributed by atoms with E-state index in [9.17, 15) is 8.42 Å². The normalized spacial score (nSPS) is 12.1. The molecule has 0 atom stereocenters. The molecule has 14 heavy (non-hydrogen) atoms. The van der Waals surface area contributed by atoms with Gasteiger partial charge in [-0.25, -0.2) is 17.4 Å². The molecule has 0 spiro atoms. The zero-order valence-electron chi connectivity index (χ0n) is 7.31. The summed E-state index contributed by atoms with van der Waals surface area (Å²) in [5, 5.41) is -0.0336. The molecule has 0 unspecified atom stereocenters. The van der Waals surface area contributed by atoms with E-state index in [0.29, 0.717) is 11.0 Å². The minimum atomic E-state index is -3.39. The van der Waals surface area contributed by atoms with Gasteiger partial charge in [-0.3, -0.25) is 0 Å². The van der Waals surface area contributed by atoms with Crippen LogP contribution in [0.5, 0.6) is 0 Å². The van der Waals surface area contributed by atoms with Crippen molar-refractivity contribution in [2.45, 2.75) is 0 Å². The van der Waals surface area contributed by atoms with Crippen molar-refractivity contribution in [3.8, 4) is 0 Å². The molecule has 0 bridgehead atoms. The van der Waals surface area contributed by atoms with Crippen LogP contribution in [0.2, 0.25) is 5.28 Å². The first-order valence-electron chi connectivity index (χ1n) is 3.83. The van der Waals surface area contributed by atoms with Crippen LogP contribution in [-0.2, 0) is 10.0 Å². The molecule has 4 nitrogen and oxygen atoms in total. The van der Waals surface area contributed by atoms with Crippen molar-refractivity contribution in [2.75, 3.05) is 6.26 Å². The van der Waals surface area contributed by atoms with Crippen molar-refractivity contribution in [1.82, 2.24) is 8.96 Å². The van der Waals surface area contributed by atoms with Gasteiger partial charge in [0.1, 0.15) is 0 Å². The monoisotopic (exact) mass is 230 g/mol. The lowest BCUT2D eigenvalue weighted by Crippen LogP contribution is -2.09. The van der Waals surface area contributed by atoms with Gasteiger partial charge in [0.05, 0.1) is 17.3 Å². The van der Waals surface area contributed by atoms with E-state index in [0.717, 1.165) is 10.2 Å². The summed E-state index contributed by atoms with van der Waals surface area (Å²) in [6.07, 6.45) is 1.09. The van der Waals surface area contributed by atoms with Crippen molar-refractivity contribution >= 4 is 32.7 Å². The minimum Gasteiger partial charge on any atom is -0.217 e. The summed E-state index contributed by atoms with van der Waals surface area (Å²) in [6, 6.07) is 6.89. The topological polar surface area (TPSA) is 52.0 Å². The molecule has 2 aromatic rings. The van der Waals surface area contributed by atoms with E-state index in [-0.39, 0.29) is 5.28 Å². The molecule has 6 heteroatoms. The molecule has 1 aromatic carbocycles. The Hall–Kier alpha value is -1.07. The number of imidazole rings is 1. The van der Waals surface area contributed by atoms with E-state index < -0.39 is 10.0 Å². The van der Waals surface area contributed by atoms with Crippen LogP contribution >= 0.6 is 11.6 Å². The molecule has 0 radical (unpaired) electrons. The SMILES string of the molecule is CS(=O)(=O)n1c(Cl)nc2ccccc21. The Morgan fingerprint density at radius 3 is 2.64 bits per heavy atom. The molecule has 1 aromatic heterocycles. The number of aromatic nitrogens is 2. The summed E-state index contributed by atoms with van der Waals surface area (Å²) in [5.74, 6) is 0. The molecular weight excluding hydrogens is 224 g/mol. The van der Waals surface area contributed by atoms with Crippen LogP contribution in [0.3, 0.4) is 0 Å². The second-order valence-corrected chi connectivity index (χ2v) is 5.07. The average Bonchev–Trinajstić information content (AvgIpc) is 2.38. The van der Waals surface area contributed by atoms with Crippen LogP contribution in [0.25, 0.3) is 11.0 Å². The Kier molecular flexibility index (Phi) is 2.01. The number of halogens is 1. The standard InChI is InChI=1S/C8H7ClN2O2S/c1-14(12,13)11-7-5-3-2-4-6(7)10-8(11)9/h2-5H,1H3. The molecule has 0 aliphatic carbocycles. The van der Waals surface area contributed by atoms with E-state index in [1.165, 1.54) is 0 Å². The Morgan fingerprint density at radius 1 is 1.36 bits per heavy atom. The van der Waals surface area contributed by atoms with Crippen molar-refractivity contribution in [3.63, 3.8) is 0 Å². The second kappa shape index (κ2) is 2.96. The lowest BCUT2D eigenvalue weighted by atomic mass is 10.3. The van der Waals surface area contributed by atoms with E-state index in [2.05, 4.69) is 4.98 Å². The quantitative estimate of drug-likeness (QED) is 0.746. The third-order valence-electron chi connectivity index (χ3n) is 1.81. The van der Waals surface area contributed by atoms with E-state index in [1.807, 2.05) is 0 Å². The summed E-state index contributed by atoms with van der Waals surface area (Å²) in [4.78, 5) is 3.93. The first-order valence-corrected chi connectivity index (χ1v) is 6.06. The summed E-state index contributed by atoms with van der Waals surface area (Å²) in [7, 11) is -3.39. The van der Waals surface area contributed by atoms with Crippen LogP contribution in [0.15, 0.2) is 24.3 Å². The fourth-order valence-electron chi connectivity index (χ4n) is 1.29. The molecule has 74 valence electrons. The van der Waals surface area contributed by atoms with Crippen LogP contribution in [-0.4, -0.2) is 23.6 Å². The van der Waals surface area contributed by atoms with Crippen LogP contribution < -0.4 is 0 Å². The molecule has 0 saturated heterocycles.